The molecule has 1 aromatic carbocycles. The van der Waals surface area contributed by atoms with Gasteiger partial charge in [0, 0.05) is 18.5 Å². The third kappa shape index (κ3) is 5.47. The van der Waals surface area contributed by atoms with Gasteiger partial charge in [-0.05, 0) is 57.6 Å². The number of nitrogens with zero attached hydrogens (tertiary/aromatic N) is 2. The van der Waals surface area contributed by atoms with Gasteiger partial charge >= 0.3 is 0 Å². The Hall–Kier alpha value is -1.61. The lowest BCUT2D eigenvalue weighted by Crippen LogP contribution is -2.42. The molecule has 7 heteroatoms. The monoisotopic (exact) mass is 500 g/mol. The van der Waals surface area contributed by atoms with Crippen LogP contribution < -0.4 is 10.6 Å². The van der Waals surface area contributed by atoms with Crippen molar-refractivity contribution < 1.29 is 8.81 Å². The Morgan fingerprint density at radius 1 is 1.21 bits per heavy atom. The molecule has 1 aromatic heterocycles. The molecule has 3 rings (SSSR count). The number of hydrogen-bond donors (Lipinski definition) is 2. The average Bonchev–Trinajstić information content (AvgIpc) is 3.24. The highest BCUT2D eigenvalue weighted by Gasteiger charge is 2.45. The van der Waals surface area contributed by atoms with Gasteiger partial charge in [-0.25, -0.2) is 4.39 Å². The summed E-state index contributed by atoms with van der Waals surface area (Å²) in [7, 11) is 4.05. The van der Waals surface area contributed by atoms with Crippen molar-refractivity contribution in [2.45, 2.75) is 31.2 Å². The van der Waals surface area contributed by atoms with Gasteiger partial charge in [-0.2, -0.15) is 0 Å². The van der Waals surface area contributed by atoms with E-state index in [9.17, 15) is 4.39 Å². The molecule has 0 spiro atoms. The molecule has 5 nitrogen and oxygen atoms in total. The van der Waals surface area contributed by atoms with Crippen molar-refractivity contribution in [2.24, 2.45) is 4.99 Å². The molecule has 1 fully saturated rings. The Labute approximate surface area is 183 Å². The van der Waals surface area contributed by atoms with Gasteiger partial charge in [0.05, 0.1) is 18.8 Å². The van der Waals surface area contributed by atoms with E-state index in [2.05, 4.69) is 15.5 Å². The number of benzene rings is 1. The first-order valence-electron chi connectivity index (χ1n) is 9.53. The van der Waals surface area contributed by atoms with Crippen LogP contribution in [0.15, 0.2) is 52.1 Å². The van der Waals surface area contributed by atoms with Gasteiger partial charge < -0.3 is 15.1 Å². The largest absolute Gasteiger partial charge is 0.468 e. The molecule has 1 saturated carbocycles. The van der Waals surface area contributed by atoms with Gasteiger partial charge in [0.1, 0.15) is 11.6 Å². The molecule has 1 aliphatic carbocycles. The smallest absolute Gasteiger partial charge is 0.191 e. The van der Waals surface area contributed by atoms with E-state index >= 15 is 0 Å². The first kappa shape index (κ1) is 22.7. The predicted octanol–water partition coefficient (Wildman–Crippen LogP) is 3.93. The SMILES string of the molecule is CCNC(=NCC1(c2ccccc2F)CC1)NCC(c1ccco1)N(C)C.I. The second-order valence-corrected chi connectivity index (χ2v) is 7.33. The minimum absolute atomic E-state index is 0. The van der Waals surface area contributed by atoms with Gasteiger partial charge in [0.2, 0.25) is 0 Å². The fourth-order valence-electron chi connectivity index (χ4n) is 3.34. The second kappa shape index (κ2) is 10.2. The molecule has 0 saturated heterocycles. The molecule has 0 amide bonds. The molecule has 154 valence electrons. The Morgan fingerprint density at radius 2 is 1.96 bits per heavy atom. The number of hydrogen-bond acceptors (Lipinski definition) is 3. The van der Waals surface area contributed by atoms with Crippen LogP contribution in [0.3, 0.4) is 0 Å². The summed E-state index contributed by atoms with van der Waals surface area (Å²) in [5.74, 6) is 1.53. The van der Waals surface area contributed by atoms with Crippen LogP contribution in [0.1, 0.15) is 37.1 Å². The van der Waals surface area contributed by atoms with Gasteiger partial charge in [0.25, 0.3) is 0 Å². The molecule has 1 atom stereocenters. The van der Waals surface area contributed by atoms with Crippen LogP contribution in [0.5, 0.6) is 0 Å². The van der Waals surface area contributed by atoms with E-state index in [4.69, 9.17) is 9.41 Å². The zero-order valence-corrected chi connectivity index (χ0v) is 19.1. The fraction of sp³-hybridized carbons (Fsp3) is 0.476. The number of likely N-dealkylation sites (N-methyl/N-ethyl adjacent to an activating group) is 1. The first-order valence-corrected chi connectivity index (χ1v) is 9.53. The van der Waals surface area contributed by atoms with E-state index in [0.29, 0.717) is 13.1 Å². The molecule has 1 aliphatic rings. The maximum absolute atomic E-state index is 14.2. The third-order valence-corrected chi connectivity index (χ3v) is 5.14. The maximum Gasteiger partial charge on any atom is 0.191 e. The predicted molar refractivity (Wildman–Crippen MR) is 122 cm³/mol. The zero-order valence-electron chi connectivity index (χ0n) is 16.7. The number of aliphatic imine (C=N–C) groups is 1. The second-order valence-electron chi connectivity index (χ2n) is 7.33. The number of halogens is 2. The van der Waals surface area contributed by atoms with Crippen LogP contribution in [0.25, 0.3) is 0 Å². The summed E-state index contributed by atoms with van der Waals surface area (Å²) in [6, 6.07) is 11.0. The minimum Gasteiger partial charge on any atom is -0.468 e. The van der Waals surface area contributed by atoms with E-state index in [1.807, 2.05) is 45.3 Å². The standard InChI is InChI=1S/C21H29FN4O.HI/c1-4-23-20(24-14-18(26(2)3)19-10-7-13-27-19)25-15-21(11-12-21)16-8-5-6-9-17(16)22;/h5-10,13,18H,4,11-12,14-15H2,1-3H3,(H2,23,24,25);1H. The molecule has 2 N–H and O–H groups in total. The highest BCUT2D eigenvalue weighted by atomic mass is 127. The summed E-state index contributed by atoms with van der Waals surface area (Å²) in [6.45, 7) is 4.05. The summed E-state index contributed by atoms with van der Waals surface area (Å²) in [5.41, 5.74) is 0.627. The van der Waals surface area contributed by atoms with Crippen molar-refractivity contribution in [3.8, 4) is 0 Å². The topological polar surface area (TPSA) is 52.8 Å². The Kier molecular flexibility index (Phi) is 8.30. The number of nitrogens with one attached hydrogen (secondary N) is 2. The van der Waals surface area contributed by atoms with Crippen LogP contribution in [-0.4, -0.2) is 44.6 Å². The highest BCUT2D eigenvalue weighted by molar-refractivity contribution is 14.0. The fourth-order valence-corrected chi connectivity index (χ4v) is 3.34. The lowest BCUT2D eigenvalue weighted by molar-refractivity contribution is 0.258. The molecule has 1 heterocycles. The number of guanidine groups is 1. The van der Waals surface area contributed by atoms with Gasteiger partial charge in [0.15, 0.2) is 5.96 Å². The summed E-state index contributed by atoms with van der Waals surface area (Å²) < 4.78 is 19.8. The van der Waals surface area contributed by atoms with Gasteiger partial charge in [-0.1, -0.05) is 18.2 Å². The molecule has 0 radical (unpaired) electrons. The van der Waals surface area contributed by atoms with E-state index in [-0.39, 0.29) is 41.3 Å². The molecule has 0 bridgehead atoms. The maximum atomic E-state index is 14.2. The van der Waals surface area contributed by atoms with Crippen LogP contribution in [0.4, 0.5) is 4.39 Å². The number of furan rings is 1. The normalized spacial score (nSPS) is 16.4. The quantitative estimate of drug-likeness (QED) is 0.328. The van der Waals surface area contributed by atoms with E-state index in [1.54, 1.807) is 12.3 Å². The molecular formula is C21H30FIN4O. The average molecular weight is 500 g/mol. The summed E-state index contributed by atoms with van der Waals surface area (Å²) in [6.07, 6.45) is 3.64. The third-order valence-electron chi connectivity index (χ3n) is 5.14. The van der Waals surface area contributed by atoms with Crippen molar-refractivity contribution in [2.75, 3.05) is 33.7 Å². The molecular weight excluding hydrogens is 470 g/mol. The lowest BCUT2D eigenvalue weighted by atomic mass is 9.95. The molecule has 0 aliphatic heterocycles. The lowest BCUT2D eigenvalue weighted by Gasteiger charge is -2.24. The van der Waals surface area contributed by atoms with E-state index < -0.39 is 0 Å². The Bertz CT molecular complexity index is 760. The highest BCUT2D eigenvalue weighted by Crippen LogP contribution is 2.49. The van der Waals surface area contributed by atoms with Gasteiger partial charge in [-0.15, -0.1) is 24.0 Å². The first-order chi connectivity index (χ1) is 13.1. The minimum atomic E-state index is -0.157. The van der Waals surface area contributed by atoms with Crippen molar-refractivity contribution in [3.05, 3.63) is 59.8 Å². The van der Waals surface area contributed by atoms with Crippen molar-refractivity contribution >= 4 is 29.9 Å². The van der Waals surface area contributed by atoms with E-state index in [0.717, 1.165) is 36.7 Å². The summed E-state index contributed by atoms with van der Waals surface area (Å²) in [5, 5.41) is 6.68. The molecule has 1 unspecified atom stereocenters. The van der Waals surface area contributed by atoms with Gasteiger partial charge in [-0.3, -0.25) is 9.89 Å². The van der Waals surface area contributed by atoms with Crippen LogP contribution in [0, 0.1) is 5.82 Å². The summed E-state index contributed by atoms with van der Waals surface area (Å²) >= 11 is 0. The zero-order chi connectivity index (χ0) is 19.3. The molecule has 28 heavy (non-hydrogen) atoms. The Morgan fingerprint density at radius 3 is 2.54 bits per heavy atom. The summed E-state index contributed by atoms with van der Waals surface area (Å²) in [4.78, 5) is 6.86. The van der Waals surface area contributed by atoms with Crippen LogP contribution in [-0.2, 0) is 5.41 Å². The van der Waals surface area contributed by atoms with Crippen molar-refractivity contribution in [1.29, 1.82) is 0 Å². The Balaban J connectivity index is 0.00000280. The van der Waals surface area contributed by atoms with Crippen molar-refractivity contribution in [1.82, 2.24) is 15.5 Å². The number of rotatable bonds is 8. The van der Waals surface area contributed by atoms with Crippen LogP contribution in [0.2, 0.25) is 0 Å². The van der Waals surface area contributed by atoms with Crippen molar-refractivity contribution in [3.63, 3.8) is 0 Å². The van der Waals surface area contributed by atoms with E-state index in [1.165, 1.54) is 6.07 Å². The van der Waals surface area contributed by atoms with Crippen LogP contribution >= 0.6 is 24.0 Å². The molecule has 2 aromatic rings.